The molecule has 3 aromatic carbocycles. The van der Waals surface area contributed by atoms with Crippen molar-refractivity contribution in [3.63, 3.8) is 0 Å². The van der Waals surface area contributed by atoms with Crippen molar-refractivity contribution < 1.29 is 14.5 Å². The molecule has 0 bridgehead atoms. The van der Waals surface area contributed by atoms with Gasteiger partial charge >= 0.3 is 0 Å². The first-order valence-electron chi connectivity index (χ1n) is 10.4. The average molecular weight is 510 g/mol. The maximum absolute atomic E-state index is 12.7. The van der Waals surface area contributed by atoms with Crippen molar-refractivity contribution in [3.05, 3.63) is 87.4 Å². The van der Waals surface area contributed by atoms with E-state index in [1.165, 1.54) is 31.0 Å². The standard InChI is InChI=1S/C24H20ClN5O4S/c1-15-3-8-18(9-4-15)29-23(16-5-10-19(11-6-16)30(32)33)27-28-24(29)35-14-22(31)26-20-13-17(25)7-12-21(20)34-2/h3-13H,14H2,1-2H3,(H,26,31). The predicted molar refractivity (Wildman–Crippen MR) is 136 cm³/mol. The molecule has 0 saturated carbocycles. The van der Waals surface area contributed by atoms with Crippen LogP contribution in [0.4, 0.5) is 11.4 Å². The second-order valence-electron chi connectivity index (χ2n) is 7.46. The number of non-ortho nitro benzene ring substituents is 1. The first-order chi connectivity index (χ1) is 16.9. The Kier molecular flexibility index (Phi) is 7.33. The quantitative estimate of drug-likeness (QED) is 0.188. The minimum Gasteiger partial charge on any atom is -0.495 e. The van der Waals surface area contributed by atoms with Crippen LogP contribution in [0.5, 0.6) is 5.75 Å². The molecule has 11 heteroatoms. The number of thioether (sulfide) groups is 1. The molecule has 35 heavy (non-hydrogen) atoms. The third-order valence-electron chi connectivity index (χ3n) is 5.03. The van der Waals surface area contributed by atoms with E-state index >= 15 is 0 Å². The lowest BCUT2D eigenvalue weighted by molar-refractivity contribution is -0.384. The molecule has 0 aliphatic heterocycles. The number of hydrogen-bond acceptors (Lipinski definition) is 7. The molecule has 178 valence electrons. The molecule has 1 heterocycles. The van der Waals surface area contributed by atoms with Gasteiger partial charge in [0.15, 0.2) is 11.0 Å². The number of methoxy groups -OCH3 is 1. The van der Waals surface area contributed by atoms with Gasteiger partial charge in [0.05, 0.1) is 23.5 Å². The zero-order chi connectivity index (χ0) is 24.9. The summed E-state index contributed by atoms with van der Waals surface area (Å²) in [4.78, 5) is 23.3. The SMILES string of the molecule is COc1ccc(Cl)cc1NC(=O)CSc1nnc(-c2ccc([N+](=O)[O-])cc2)n1-c1ccc(C)cc1. The van der Waals surface area contributed by atoms with Gasteiger partial charge in [-0.15, -0.1) is 10.2 Å². The van der Waals surface area contributed by atoms with E-state index in [0.29, 0.717) is 33.0 Å². The third kappa shape index (κ3) is 5.61. The Labute approximate surface area is 210 Å². The number of carbonyl (C=O) groups excluding carboxylic acids is 1. The monoisotopic (exact) mass is 509 g/mol. The number of aryl methyl sites for hydroxylation is 1. The van der Waals surface area contributed by atoms with E-state index in [4.69, 9.17) is 16.3 Å². The van der Waals surface area contributed by atoms with Crippen molar-refractivity contribution in [2.24, 2.45) is 0 Å². The zero-order valence-electron chi connectivity index (χ0n) is 18.8. The summed E-state index contributed by atoms with van der Waals surface area (Å²) in [5.41, 5.74) is 3.00. The summed E-state index contributed by atoms with van der Waals surface area (Å²) in [6.07, 6.45) is 0. The normalized spacial score (nSPS) is 10.7. The summed E-state index contributed by atoms with van der Waals surface area (Å²) < 4.78 is 7.10. The van der Waals surface area contributed by atoms with Crippen molar-refractivity contribution in [2.45, 2.75) is 12.1 Å². The smallest absolute Gasteiger partial charge is 0.269 e. The van der Waals surface area contributed by atoms with Crippen LogP contribution in [0.3, 0.4) is 0 Å². The van der Waals surface area contributed by atoms with Gasteiger partial charge in [0.2, 0.25) is 5.91 Å². The molecule has 4 aromatic rings. The minimum absolute atomic E-state index is 0.0159. The maximum atomic E-state index is 12.7. The molecule has 1 N–H and O–H groups in total. The first kappa shape index (κ1) is 24.2. The number of nitro groups is 1. The number of aromatic nitrogens is 3. The van der Waals surface area contributed by atoms with Gasteiger partial charge in [0.1, 0.15) is 5.75 Å². The highest BCUT2D eigenvalue weighted by molar-refractivity contribution is 7.99. The van der Waals surface area contributed by atoms with Crippen LogP contribution in [-0.4, -0.2) is 38.5 Å². The van der Waals surface area contributed by atoms with Crippen molar-refractivity contribution >= 4 is 40.6 Å². The van der Waals surface area contributed by atoms with E-state index in [1.807, 2.05) is 35.8 Å². The minimum atomic E-state index is -0.455. The van der Waals surface area contributed by atoms with Crippen LogP contribution in [0.25, 0.3) is 17.1 Å². The maximum Gasteiger partial charge on any atom is 0.269 e. The van der Waals surface area contributed by atoms with E-state index in [9.17, 15) is 14.9 Å². The number of nitrogens with one attached hydrogen (secondary N) is 1. The van der Waals surface area contributed by atoms with Gasteiger partial charge < -0.3 is 10.1 Å². The van der Waals surface area contributed by atoms with Gasteiger partial charge in [-0.05, 0) is 49.4 Å². The second kappa shape index (κ2) is 10.6. The van der Waals surface area contributed by atoms with Gasteiger partial charge in [-0.3, -0.25) is 19.5 Å². The number of ether oxygens (including phenoxy) is 1. The van der Waals surface area contributed by atoms with Crippen LogP contribution in [0.2, 0.25) is 5.02 Å². The predicted octanol–water partition coefficient (Wildman–Crippen LogP) is 5.54. The number of anilines is 1. The van der Waals surface area contributed by atoms with Crippen LogP contribution < -0.4 is 10.1 Å². The highest BCUT2D eigenvalue weighted by Crippen LogP contribution is 2.31. The molecule has 0 radical (unpaired) electrons. The third-order valence-corrected chi connectivity index (χ3v) is 6.19. The Morgan fingerprint density at radius 2 is 1.83 bits per heavy atom. The summed E-state index contributed by atoms with van der Waals surface area (Å²) in [5, 5.41) is 23.4. The molecule has 1 amide bonds. The molecule has 9 nitrogen and oxygen atoms in total. The summed E-state index contributed by atoms with van der Waals surface area (Å²) in [6, 6.07) is 18.8. The summed E-state index contributed by atoms with van der Waals surface area (Å²) in [7, 11) is 1.51. The molecular weight excluding hydrogens is 490 g/mol. The first-order valence-corrected chi connectivity index (χ1v) is 11.8. The fourth-order valence-electron chi connectivity index (χ4n) is 3.30. The highest BCUT2D eigenvalue weighted by Gasteiger charge is 2.19. The highest BCUT2D eigenvalue weighted by atomic mass is 35.5. The van der Waals surface area contributed by atoms with Crippen molar-refractivity contribution in [1.82, 2.24) is 14.8 Å². The summed E-state index contributed by atoms with van der Waals surface area (Å²) in [6.45, 7) is 1.98. The number of amides is 1. The van der Waals surface area contributed by atoms with Gasteiger partial charge in [-0.1, -0.05) is 41.1 Å². The number of nitrogens with zero attached hydrogens (tertiary/aromatic N) is 4. The number of benzene rings is 3. The fraction of sp³-hybridized carbons (Fsp3) is 0.125. The summed E-state index contributed by atoms with van der Waals surface area (Å²) in [5.74, 6) is 0.782. The molecule has 0 unspecified atom stereocenters. The van der Waals surface area contributed by atoms with Crippen molar-refractivity contribution in [3.8, 4) is 22.8 Å². The van der Waals surface area contributed by atoms with E-state index in [2.05, 4.69) is 15.5 Å². The molecule has 0 spiro atoms. The Bertz CT molecular complexity index is 1370. The second-order valence-corrected chi connectivity index (χ2v) is 8.84. The largest absolute Gasteiger partial charge is 0.495 e. The molecule has 0 aliphatic rings. The fourth-order valence-corrected chi connectivity index (χ4v) is 4.23. The van der Waals surface area contributed by atoms with Gasteiger partial charge in [-0.25, -0.2) is 0 Å². The van der Waals surface area contributed by atoms with Gasteiger partial charge in [0, 0.05) is 28.4 Å². The van der Waals surface area contributed by atoms with Crippen LogP contribution in [0.15, 0.2) is 71.9 Å². The van der Waals surface area contributed by atoms with Crippen LogP contribution in [0.1, 0.15) is 5.56 Å². The average Bonchev–Trinajstić information content (AvgIpc) is 3.27. The van der Waals surface area contributed by atoms with Crippen molar-refractivity contribution in [2.75, 3.05) is 18.2 Å². The number of nitro benzene ring substituents is 1. The Balaban J connectivity index is 1.61. The topological polar surface area (TPSA) is 112 Å². The Morgan fingerprint density at radius 3 is 2.49 bits per heavy atom. The van der Waals surface area contributed by atoms with E-state index in [0.717, 1.165) is 11.3 Å². The van der Waals surface area contributed by atoms with Crippen molar-refractivity contribution in [1.29, 1.82) is 0 Å². The lowest BCUT2D eigenvalue weighted by atomic mass is 10.2. The molecular formula is C24H20ClN5O4S. The Hall–Kier alpha value is -3.89. The van der Waals surface area contributed by atoms with E-state index < -0.39 is 4.92 Å². The number of carbonyl (C=O) groups is 1. The van der Waals surface area contributed by atoms with Crippen LogP contribution >= 0.6 is 23.4 Å². The van der Waals surface area contributed by atoms with Crippen LogP contribution in [0, 0.1) is 17.0 Å². The molecule has 0 saturated heterocycles. The number of hydrogen-bond donors (Lipinski definition) is 1. The molecule has 4 rings (SSSR count). The lowest BCUT2D eigenvalue weighted by Gasteiger charge is -2.12. The number of rotatable bonds is 8. The van der Waals surface area contributed by atoms with Crippen LogP contribution in [-0.2, 0) is 4.79 Å². The molecule has 0 aliphatic carbocycles. The van der Waals surface area contributed by atoms with E-state index in [-0.39, 0.29) is 17.3 Å². The van der Waals surface area contributed by atoms with E-state index in [1.54, 1.807) is 30.3 Å². The number of halogens is 1. The summed E-state index contributed by atoms with van der Waals surface area (Å²) >= 11 is 7.26. The van der Waals surface area contributed by atoms with Gasteiger partial charge in [-0.2, -0.15) is 0 Å². The molecule has 1 aromatic heterocycles. The molecule has 0 fully saturated rings. The van der Waals surface area contributed by atoms with Gasteiger partial charge in [0.25, 0.3) is 5.69 Å². The zero-order valence-corrected chi connectivity index (χ0v) is 20.3. The lowest BCUT2D eigenvalue weighted by Crippen LogP contribution is -2.15. The Morgan fingerprint density at radius 1 is 1.11 bits per heavy atom. The molecule has 0 atom stereocenters.